The summed E-state index contributed by atoms with van der Waals surface area (Å²) in [7, 11) is 1.23. The number of rotatable bonds is 2. The van der Waals surface area contributed by atoms with Crippen LogP contribution in [0.3, 0.4) is 0 Å². The molecule has 0 unspecified atom stereocenters. The first-order valence-corrected chi connectivity index (χ1v) is 4.61. The van der Waals surface area contributed by atoms with Crippen molar-refractivity contribution in [1.82, 2.24) is 0 Å². The molecule has 18 heavy (non-hydrogen) atoms. The molecule has 0 fully saturated rings. The fraction of sp³-hybridized carbons (Fsp3) is 0.400. The Morgan fingerprint density at radius 1 is 0.889 bits per heavy atom. The molecule has 0 heterocycles. The molecule has 2 nitrogen and oxygen atoms in total. The molecule has 0 saturated heterocycles. The number of hydrogen-bond donors (Lipinski definition) is 1. The van der Waals surface area contributed by atoms with E-state index in [1.807, 2.05) is 0 Å². The van der Waals surface area contributed by atoms with E-state index >= 15 is 0 Å². The van der Waals surface area contributed by atoms with Crippen LogP contribution in [0.1, 0.15) is 5.56 Å². The van der Waals surface area contributed by atoms with Crippen LogP contribution < -0.4 is 10.5 Å². The summed E-state index contributed by atoms with van der Waals surface area (Å²) in [5, 5.41) is 0. The van der Waals surface area contributed by atoms with E-state index in [0.717, 1.165) is 12.1 Å². The van der Waals surface area contributed by atoms with Crippen LogP contribution in [0, 0.1) is 0 Å². The summed E-state index contributed by atoms with van der Waals surface area (Å²) < 4.78 is 80.2. The second-order valence-electron chi connectivity index (χ2n) is 3.53. The van der Waals surface area contributed by atoms with Crippen molar-refractivity contribution in [3.63, 3.8) is 0 Å². The zero-order valence-corrected chi connectivity index (χ0v) is 9.06. The minimum atomic E-state index is -5.65. The molecular weight excluding hydrogens is 264 g/mol. The van der Waals surface area contributed by atoms with Crippen LogP contribution in [0.4, 0.5) is 26.3 Å². The molecule has 0 aliphatic heterocycles. The van der Waals surface area contributed by atoms with E-state index in [-0.39, 0.29) is 5.75 Å². The van der Waals surface area contributed by atoms with Gasteiger partial charge in [-0.05, 0) is 17.7 Å². The molecule has 0 bridgehead atoms. The monoisotopic (exact) mass is 273 g/mol. The SMILES string of the molecule is COc1ccc(C(N)(C(F)(F)F)C(F)(F)F)cc1. The van der Waals surface area contributed by atoms with Crippen LogP contribution in [0.25, 0.3) is 0 Å². The molecule has 102 valence electrons. The lowest BCUT2D eigenvalue weighted by molar-refractivity contribution is -0.301. The molecule has 0 amide bonds. The molecule has 0 aromatic heterocycles. The summed E-state index contributed by atoms with van der Waals surface area (Å²) >= 11 is 0. The Hall–Kier alpha value is -1.44. The lowest BCUT2D eigenvalue weighted by atomic mass is 9.89. The normalized spacial score (nSPS) is 13.6. The van der Waals surface area contributed by atoms with Crippen molar-refractivity contribution in [2.45, 2.75) is 17.9 Å². The van der Waals surface area contributed by atoms with Gasteiger partial charge in [0.25, 0.3) is 0 Å². The van der Waals surface area contributed by atoms with Crippen LogP contribution in [-0.4, -0.2) is 19.5 Å². The second-order valence-corrected chi connectivity index (χ2v) is 3.53. The van der Waals surface area contributed by atoms with Crippen molar-refractivity contribution < 1.29 is 31.1 Å². The Bertz CT molecular complexity index is 394. The highest BCUT2D eigenvalue weighted by Gasteiger charge is 2.69. The molecule has 0 radical (unpaired) electrons. The Labute approximate surface area is 98.3 Å². The first kappa shape index (κ1) is 14.6. The maximum atomic E-state index is 12.6. The van der Waals surface area contributed by atoms with Gasteiger partial charge < -0.3 is 10.5 Å². The lowest BCUT2D eigenvalue weighted by Crippen LogP contribution is -2.60. The van der Waals surface area contributed by atoms with Gasteiger partial charge in [0, 0.05) is 0 Å². The summed E-state index contributed by atoms with van der Waals surface area (Å²) in [5.74, 6) is 0.130. The van der Waals surface area contributed by atoms with E-state index < -0.39 is 23.5 Å². The van der Waals surface area contributed by atoms with Crippen molar-refractivity contribution in [2.24, 2.45) is 5.73 Å². The zero-order valence-electron chi connectivity index (χ0n) is 9.06. The predicted octanol–water partition coefficient (Wildman–Crippen LogP) is 2.97. The number of ether oxygens (including phenoxy) is 1. The van der Waals surface area contributed by atoms with Gasteiger partial charge in [0.1, 0.15) is 5.75 Å². The van der Waals surface area contributed by atoms with Crippen molar-refractivity contribution in [1.29, 1.82) is 0 Å². The summed E-state index contributed by atoms with van der Waals surface area (Å²) in [6.45, 7) is 0. The first-order valence-electron chi connectivity index (χ1n) is 4.61. The Kier molecular flexibility index (Phi) is 3.53. The highest BCUT2D eigenvalue weighted by atomic mass is 19.4. The van der Waals surface area contributed by atoms with Crippen LogP contribution in [0.5, 0.6) is 5.75 Å². The minimum absolute atomic E-state index is 0.130. The van der Waals surface area contributed by atoms with Crippen molar-refractivity contribution in [3.05, 3.63) is 29.8 Å². The number of methoxy groups -OCH3 is 1. The fourth-order valence-corrected chi connectivity index (χ4v) is 1.34. The number of benzene rings is 1. The van der Waals surface area contributed by atoms with Gasteiger partial charge in [0.05, 0.1) is 7.11 Å². The van der Waals surface area contributed by atoms with Gasteiger partial charge >= 0.3 is 12.4 Å². The van der Waals surface area contributed by atoms with Crippen molar-refractivity contribution in [2.75, 3.05) is 7.11 Å². The van der Waals surface area contributed by atoms with E-state index in [4.69, 9.17) is 0 Å². The molecule has 0 aliphatic carbocycles. The zero-order chi connectivity index (χ0) is 14.2. The third-order valence-electron chi connectivity index (χ3n) is 2.44. The number of hydrogen-bond acceptors (Lipinski definition) is 2. The molecule has 1 aromatic carbocycles. The van der Waals surface area contributed by atoms with Gasteiger partial charge in [-0.15, -0.1) is 0 Å². The lowest BCUT2D eigenvalue weighted by Gasteiger charge is -2.34. The first-order chi connectivity index (χ1) is 8.04. The van der Waals surface area contributed by atoms with Crippen LogP contribution in [0.15, 0.2) is 24.3 Å². The molecule has 1 aromatic rings. The molecule has 0 atom stereocenters. The molecule has 0 spiro atoms. The summed E-state index contributed by atoms with van der Waals surface area (Å²) in [6.07, 6.45) is -11.3. The maximum Gasteiger partial charge on any atom is 0.419 e. The summed E-state index contributed by atoms with van der Waals surface area (Å²) in [4.78, 5) is 0. The highest BCUT2D eigenvalue weighted by molar-refractivity contribution is 5.34. The van der Waals surface area contributed by atoms with E-state index in [1.165, 1.54) is 7.11 Å². The van der Waals surface area contributed by atoms with Crippen LogP contribution in [-0.2, 0) is 5.54 Å². The van der Waals surface area contributed by atoms with E-state index in [1.54, 1.807) is 0 Å². The Morgan fingerprint density at radius 2 is 1.28 bits per heavy atom. The topological polar surface area (TPSA) is 35.2 Å². The predicted molar refractivity (Wildman–Crippen MR) is 51.0 cm³/mol. The molecular formula is C10H9F6NO. The molecule has 2 N–H and O–H groups in total. The third-order valence-corrected chi connectivity index (χ3v) is 2.44. The summed E-state index contributed by atoms with van der Waals surface area (Å²) in [6, 6.07) is 3.24. The molecule has 1 rings (SSSR count). The minimum Gasteiger partial charge on any atom is -0.497 e. The molecule has 0 saturated carbocycles. The second kappa shape index (κ2) is 4.34. The van der Waals surface area contributed by atoms with Crippen LogP contribution >= 0.6 is 0 Å². The van der Waals surface area contributed by atoms with E-state index in [2.05, 4.69) is 10.5 Å². The van der Waals surface area contributed by atoms with Gasteiger partial charge in [-0.2, -0.15) is 26.3 Å². The average molecular weight is 273 g/mol. The van der Waals surface area contributed by atoms with Gasteiger partial charge in [0.15, 0.2) is 0 Å². The van der Waals surface area contributed by atoms with E-state index in [9.17, 15) is 26.3 Å². The van der Waals surface area contributed by atoms with Gasteiger partial charge in [-0.3, -0.25) is 0 Å². The smallest absolute Gasteiger partial charge is 0.419 e. The highest BCUT2D eigenvalue weighted by Crippen LogP contribution is 2.48. The number of halogens is 6. The third kappa shape index (κ3) is 2.24. The van der Waals surface area contributed by atoms with Crippen molar-refractivity contribution >= 4 is 0 Å². The largest absolute Gasteiger partial charge is 0.497 e. The fourth-order valence-electron chi connectivity index (χ4n) is 1.34. The van der Waals surface area contributed by atoms with Gasteiger partial charge in [-0.1, -0.05) is 12.1 Å². The van der Waals surface area contributed by atoms with Gasteiger partial charge in [-0.25, -0.2) is 0 Å². The number of nitrogens with two attached hydrogens (primary N) is 1. The van der Waals surface area contributed by atoms with E-state index in [0.29, 0.717) is 12.1 Å². The van der Waals surface area contributed by atoms with Crippen LogP contribution in [0.2, 0.25) is 0 Å². The Morgan fingerprint density at radius 3 is 1.56 bits per heavy atom. The Balaban J connectivity index is 3.36. The summed E-state index contributed by atoms with van der Waals surface area (Å²) in [5.41, 5.74) is -0.917. The number of alkyl halides is 6. The molecule has 8 heteroatoms. The average Bonchev–Trinajstić information content (AvgIpc) is 2.25. The quantitative estimate of drug-likeness (QED) is 0.841. The molecule has 0 aliphatic rings. The van der Waals surface area contributed by atoms with Gasteiger partial charge in [0.2, 0.25) is 5.54 Å². The van der Waals surface area contributed by atoms with Crippen molar-refractivity contribution in [3.8, 4) is 5.75 Å². The maximum absolute atomic E-state index is 12.6. The standard InChI is InChI=1S/C10H9F6NO/c1-18-7-4-2-6(3-5-7)8(17,9(11,12)13)10(14,15)16/h2-5H,17H2,1H3.